The van der Waals surface area contributed by atoms with Crippen molar-refractivity contribution in [3.05, 3.63) is 59.1 Å². The van der Waals surface area contributed by atoms with Gasteiger partial charge in [-0.3, -0.25) is 0 Å². The molecule has 0 aliphatic carbocycles. The molecule has 2 rings (SSSR count). The second-order valence-corrected chi connectivity index (χ2v) is 5.88. The van der Waals surface area contributed by atoms with Gasteiger partial charge in [0.1, 0.15) is 0 Å². The van der Waals surface area contributed by atoms with Gasteiger partial charge in [-0.05, 0) is 35.9 Å². The summed E-state index contributed by atoms with van der Waals surface area (Å²) < 4.78 is 24.9. The minimum atomic E-state index is -2.40. The van der Waals surface area contributed by atoms with Crippen molar-refractivity contribution in [3.63, 3.8) is 0 Å². The molecule has 0 amide bonds. The fourth-order valence-electron chi connectivity index (χ4n) is 1.83. The average Bonchev–Trinajstić information content (AvgIpc) is 2.41. The molecule has 2 aromatic rings. The lowest BCUT2D eigenvalue weighted by Crippen LogP contribution is -2.14. The van der Waals surface area contributed by atoms with E-state index in [0.29, 0.717) is 5.02 Å². The van der Waals surface area contributed by atoms with Gasteiger partial charge in [-0.25, -0.2) is 8.78 Å². The fourth-order valence-corrected chi connectivity index (χ4v) is 2.96. The normalized spacial score (nSPS) is 12.0. The minimum Gasteiger partial charge on any atom is -0.324 e. The number of alkyl halides is 2. The van der Waals surface area contributed by atoms with Crippen LogP contribution in [0.4, 0.5) is 8.78 Å². The van der Waals surface area contributed by atoms with Crippen molar-refractivity contribution in [2.75, 3.05) is 0 Å². The standard InChI is InChI=1S/C15H14ClF2NS.ClH/c16-10-5-7-11(8-6-10)20-14-4-2-1-3-12(14)13(19)9-15(17)18;/h1-8,13,15H,9,19H2;1H/t13-;/m1./s1. The van der Waals surface area contributed by atoms with Gasteiger partial charge < -0.3 is 5.73 Å². The number of hydrogen-bond acceptors (Lipinski definition) is 2. The van der Waals surface area contributed by atoms with E-state index in [4.69, 9.17) is 17.3 Å². The molecule has 2 N–H and O–H groups in total. The Bertz CT molecular complexity index is 564. The summed E-state index contributed by atoms with van der Waals surface area (Å²) in [6.45, 7) is 0. The molecule has 0 saturated heterocycles. The monoisotopic (exact) mass is 349 g/mol. The third-order valence-electron chi connectivity index (χ3n) is 2.79. The lowest BCUT2D eigenvalue weighted by Gasteiger charge is -2.15. The molecule has 2 aromatic carbocycles. The molecule has 0 heterocycles. The van der Waals surface area contributed by atoms with Crippen molar-refractivity contribution in [2.45, 2.75) is 28.7 Å². The summed E-state index contributed by atoms with van der Waals surface area (Å²) in [7, 11) is 0. The second kappa shape index (κ2) is 8.59. The minimum absolute atomic E-state index is 0. The number of nitrogens with two attached hydrogens (primary N) is 1. The van der Waals surface area contributed by atoms with Crippen molar-refractivity contribution in [1.82, 2.24) is 0 Å². The van der Waals surface area contributed by atoms with Gasteiger partial charge in [0.2, 0.25) is 6.43 Å². The number of benzene rings is 2. The quantitative estimate of drug-likeness (QED) is 0.763. The van der Waals surface area contributed by atoms with E-state index in [9.17, 15) is 8.78 Å². The van der Waals surface area contributed by atoms with E-state index in [-0.39, 0.29) is 18.8 Å². The molecule has 0 unspecified atom stereocenters. The van der Waals surface area contributed by atoms with Crippen LogP contribution in [-0.2, 0) is 0 Å². The molecule has 1 atom stereocenters. The molecule has 0 bridgehead atoms. The summed E-state index contributed by atoms with van der Waals surface area (Å²) >= 11 is 7.34. The summed E-state index contributed by atoms with van der Waals surface area (Å²) in [5.41, 5.74) is 6.60. The van der Waals surface area contributed by atoms with Gasteiger partial charge in [0.05, 0.1) is 0 Å². The average molecular weight is 350 g/mol. The maximum absolute atomic E-state index is 12.5. The van der Waals surface area contributed by atoms with Crippen molar-refractivity contribution in [2.24, 2.45) is 5.73 Å². The first-order chi connectivity index (χ1) is 9.56. The van der Waals surface area contributed by atoms with Crippen LogP contribution in [0.2, 0.25) is 5.02 Å². The van der Waals surface area contributed by atoms with Gasteiger partial charge in [-0.2, -0.15) is 0 Å². The van der Waals surface area contributed by atoms with Gasteiger partial charge >= 0.3 is 0 Å². The third-order valence-corrected chi connectivity index (χ3v) is 4.14. The van der Waals surface area contributed by atoms with Crippen LogP contribution < -0.4 is 5.73 Å². The van der Waals surface area contributed by atoms with Gasteiger partial charge in [0, 0.05) is 27.3 Å². The first-order valence-electron chi connectivity index (χ1n) is 6.12. The summed E-state index contributed by atoms with van der Waals surface area (Å²) in [5.74, 6) is 0. The van der Waals surface area contributed by atoms with Crippen LogP contribution in [0.25, 0.3) is 0 Å². The van der Waals surface area contributed by atoms with Crippen molar-refractivity contribution in [3.8, 4) is 0 Å². The van der Waals surface area contributed by atoms with E-state index in [0.717, 1.165) is 15.4 Å². The number of hydrogen-bond donors (Lipinski definition) is 1. The summed E-state index contributed by atoms with van der Waals surface area (Å²) in [6.07, 6.45) is -2.74. The van der Waals surface area contributed by atoms with Crippen molar-refractivity contribution in [1.29, 1.82) is 0 Å². The lowest BCUT2D eigenvalue weighted by molar-refractivity contribution is 0.128. The van der Waals surface area contributed by atoms with Crippen LogP contribution >= 0.6 is 35.8 Å². The molecule has 0 aliphatic rings. The highest BCUT2D eigenvalue weighted by molar-refractivity contribution is 7.99. The molecule has 21 heavy (non-hydrogen) atoms. The topological polar surface area (TPSA) is 26.0 Å². The van der Waals surface area contributed by atoms with Crippen molar-refractivity contribution >= 4 is 35.8 Å². The van der Waals surface area contributed by atoms with Gasteiger partial charge in [-0.1, -0.05) is 41.6 Å². The summed E-state index contributed by atoms with van der Waals surface area (Å²) in [5, 5.41) is 0.664. The van der Waals surface area contributed by atoms with E-state index in [2.05, 4.69) is 0 Å². The first-order valence-corrected chi connectivity index (χ1v) is 7.32. The SMILES string of the molecule is Cl.N[C@H](CC(F)F)c1ccccc1Sc1ccc(Cl)cc1. The van der Waals surface area contributed by atoms with Crippen LogP contribution in [0.3, 0.4) is 0 Å². The van der Waals surface area contributed by atoms with Gasteiger partial charge in [0.15, 0.2) is 0 Å². The van der Waals surface area contributed by atoms with E-state index < -0.39 is 12.5 Å². The van der Waals surface area contributed by atoms with Crippen LogP contribution in [-0.4, -0.2) is 6.43 Å². The molecule has 1 nitrogen and oxygen atoms in total. The molecule has 0 aliphatic heterocycles. The van der Waals surface area contributed by atoms with Crippen LogP contribution in [0.15, 0.2) is 58.3 Å². The highest BCUT2D eigenvalue weighted by Crippen LogP contribution is 2.34. The number of halogens is 4. The Morgan fingerprint density at radius 2 is 1.67 bits per heavy atom. The molecular weight excluding hydrogens is 335 g/mol. The lowest BCUT2D eigenvalue weighted by atomic mass is 10.1. The zero-order chi connectivity index (χ0) is 14.5. The fraction of sp³-hybridized carbons (Fsp3) is 0.200. The predicted octanol–water partition coefficient (Wildman–Crippen LogP) is 5.57. The summed E-state index contributed by atoms with van der Waals surface area (Å²) in [4.78, 5) is 1.88. The van der Waals surface area contributed by atoms with Crippen LogP contribution in [0.1, 0.15) is 18.0 Å². The smallest absolute Gasteiger partial charge is 0.240 e. The zero-order valence-electron chi connectivity index (χ0n) is 11.0. The largest absolute Gasteiger partial charge is 0.324 e. The Kier molecular flexibility index (Phi) is 7.46. The Hall–Kier alpha value is -0.810. The van der Waals surface area contributed by atoms with Gasteiger partial charge in [-0.15, -0.1) is 12.4 Å². The molecule has 114 valence electrons. The van der Waals surface area contributed by atoms with Gasteiger partial charge in [0.25, 0.3) is 0 Å². The zero-order valence-corrected chi connectivity index (χ0v) is 13.4. The summed E-state index contributed by atoms with van der Waals surface area (Å²) in [6, 6.07) is 14.1. The Balaban J connectivity index is 0.00000220. The Morgan fingerprint density at radius 3 is 2.29 bits per heavy atom. The molecule has 0 aromatic heterocycles. The number of rotatable bonds is 5. The molecule has 0 spiro atoms. The predicted molar refractivity (Wildman–Crippen MR) is 86.8 cm³/mol. The maximum Gasteiger partial charge on any atom is 0.240 e. The Labute approximate surface area is 138 Å². The molecule has 0 saturated carbocycles. The van der Waals surface area contributed by atoms with E-state index in [1.807, 2.05) is 30.3 Å². The molecule has 0 fully saturated rings. The highest BCUT2D eigenvalue weighted by Gasteiger charge is 2.16. The van der Waals surface area contributed by atoms with E-state index in [1.54, 1.807) is 18.2 Å². The first kappa shape index (κ1) is 18.2. The second-order valence-electron chi connectivity index (χ2n) is 4.33. The highest BCUT2D eigenvalue weighted by atomic mass is 35.5. The van der Waals surface area contributed by atoms with E-state index >= 15 is 0 Å². The molecule has 0 radical (unpaired) electrons. The maximum atomic E-state index is 12.5. The van der Waals surface area contributed by atoms with Crippen LogP contribution in [0.5, 0.6) is 0 Å². The van der Waals surface area contributed by atoms with E-state index in [1.165, 1.54) is 11.8 Å². The third kappa shape index (κ3) is 5.47. The van der Waals surface area contributed by atoms with Crippen molar-refractivity contribution < 1.29 is 8.78 Å². The molecular formula is C15H15Cl2F2NS. The van der Waals surface area contributed by atoms with Crippen LogP contribution in [0, 0.1) is 0 Å². The Morgan fingerprint density at radius 1 is 1.05 bits per heavy atom. The molecule has 6 heteroatoms.